The third kappa shape index (κ3) is 11.7. The lowest BCUT2D eigenvalue weighted by Gasteiger charge is -2.19. The summed E-state index contributed by atoms with van der Waals surface area (Å²) >= 11 is 0. The maximum Gasteiger partial charge on any atom is 0.407 e. The Labute approximate surface area is 116 Å². The van der Waals surface area contributed by atoms with Crippen molar-refractivity contribution in [2.24, 2.45) is 0 Å². The molecule has 1 amide bonds. The van der Waals surface area contributed by atoms with Gasteiger partial charge in [0.05, 0.1) is 6.61 Å². The van der Waals surface area contributed by atoms with Crippen LogP contribution in [-0.4, -0.2) is 44.5 Å². The molecule has 0 aliphatic carbocycles. The summed E-state index contributed by atoms with van der Waals surface area (Å²) in [7, 11) is 1.70. The molecule has 1 atom stereocenters. The molecule has 0 aromatic carbocycles. The van der Waals surface area contributed by atoms with Crippen LogP contribution in [0, 0.1) is 0 Å². The van der Waals surface area contributed by atoms with Gasteiger partial charge in [0.2, 0.25) is 0 Å². The molecule has 0 saturated carbocycles. The Morgan fingerprint density at radius 2 is 1.89 bits per heavy atom. The first kappa shape index (κ1) is 17.9. The summed E-state index contributed by atoms with van der Waals surface area (Å²) in [6.07, 6.45) is 4.51. The second-order valence-electron chi connectivity index (χ2n) is 5.32. The van der Waals surface area contributed by atoms with Gasteiger partial charge in [-0.2, -0.15) is 0 Å². The van der Waals surface area contributed by atoms with E-state index in [1.807, 2.05) is 32.9 Å². The van der Waals surface area contributed by atoms with Gasteiger partial charge in [0.25, 0.3) is 0 Å². The van der Waals surface area contributed by atoms with Crippen LogP contribution in [0.15, 0.2) is 12.2 Å². The van der Waals surface area contributed by atoms with Crippen molar-refractivity contribution in [2.45, 2.75) is 45.8 Å². The van der Waals surface area contributed by atoms with Crippen LogP contribution in [0.2, 0.25) is 0 Å². The number of amides is 1. The van der Waals surface area contributed by atoms with E-state index in [0.29, 0.717) is 19.2 Å². The average molecular weight is 272 g/mol. The zero-order valence-corrected chi connectivity index (χ0v) is 12.8. The van der Waals surface area contributed by atoms with Gasteiger partial charge < -0.3 is 20.1 Å². The molecular formula is C14H28N2O3. The van der Waals surface area contributed by atoms with Gasteiger partial charge >= 0.3 is 6.09 Å². The zero-order valence-electron chi connectivity index (χ0n) is 12.8. The van der Waals surface area contributed by atoms with E-state index in [1.165, 1.54) is 0 Å². The van der Waals surface area contributed by atoms with Crippen molar-refractivity contribution in [1.29, 1.82) is 0 Å². The van der Waals surface area contributed by atoms with Crippen molar-refractivity contribution in [3.8, 4) is 0 Å². The van der Waals surface area contributed by atoms with E-state index in [1.54, 1.807) is 7.11 Å². The number of carbonyl (C=O) groups excluding carboxylic acids is 1. The lowest BCUT2D eigenvalue weighted by atomic mass is 10.2. The molecule has 0 bridgehead atoms. The molecule has 2 N–H and O–H groups in total. The van der Waals surface area contributed by atoms with Crippen LogP contribution >= 0.6 is 0 Å². The van der Waals surface area contributed by atoms with Gasteiger partial charge in [-0.25, -0.2) is 4.79 Å². The number of hydrogen-bond donors (Lipinski definition) is 2. The first-order valence-electron chi connectivity index (χ1n) is 6.73. The maximum absolute atomic E-state index is 11.3. The van der Waals surface area contributed by atoms with Crippen molar-refractivity contribution in [2.75, 3.05) is 26.8 Å². The van der Waals surface area contributed by atoms with E-state index in [-0.39, 0.29) is 0 Å². The van der Waals surface area contributed by atoms with Gasteiger partial charge in [-0.05, 0) is 27.2 Å². The molecule has 1 unspecified atom stereocenters. The average Bonchev–Trinajstić information content (AvgIpc) is 2.29. The van der Waals surface area contributed by atoms with E-state index >= 15 is 0 Å². The monoisotopic (exact) mass is 272 g/mol. The summed E-state index contributed by atoms with van der Waals surface area (Å²) in [5.41, 5.74) is -0.455. The van der Waals surface area contributed by atoms with Crippen molar-refractivity contribution in [3.05, 3.63) is 12.2 Å². The van der Waals surface area contributed by atoms with Gasteiger partial charge in [-0.3, -0.25) is 0 Å². The van der Waals surface area contributed by atoms with Crippen LogP contribution in [0.3, 0.4) is 0 Å². The first-order valence-corrected chi connectivity index (χ1v) is 6.73. The molecule has 0 heterocycles. The second-order valence-corrected chi connectivity index (χ2v) is 5.32. The highest BCUT2D eigenvalue weighted by Crippen LogP contribution is 2.05. The Kier molecular flexibility index (Phi) is 9.26. The second kappa shape index (κ2) is 9.81. The zero-order chi connectivity index (χ0) is 14.7. The van der Waals surface area contributed by atoms with Crippen molar-refractivity contribution in [1.82, 2.24) is 10.6 Å². The van der Waals surface area contributed by atoms with Crippen LogP contribution < -0.4 is 10.6 Å². The fourth-order valence-corrected chi connectivity index (χ4v) is 1.38. The summed E-state index contributed by atoms with van der Waals surface area (Å²) in [6.45, 7) is 9.58. The quantitative estimate of drug-likeness (QED) is 0.664. The number of methoxy groups -OCH3 is 1. The third-order valence-electron chi connectivity index (χ3n) is 2.31. The van der Waals surface area contributed by atoms with Crippen LogP contribution in [0.1, 0.15) is 34.1 Å². The molecule has 112 valence electrons. The number of nitrogens with one attached hydrogen (secondary N) is 2. The van der Waals surface area contributed by atoms with E-state index in [2.05, 4.69) is 17.6 Å². The Morgan fingerprint density at radius 3 is 2.42 bits per heavy atom. The van der Waals surface area contributed by atoms with E-state index < -0.39 is 11.7 Å². The summed E-state index contributed by atoms with van der Waals surface area (Å²) in [5, 5.41) is 6.01. The van der Waals surface area contributed by atoms with Crippen molar-refractivity contribution < 1.29 is 14.3 Å². The maximum atomic E-state index is 11.3. The Hall–Kier alpha value is -1.07. The predicted molar refractivity (Wildman–Crippen MR) is 77.3 cm³/mol. The van der Waals surface area contributed by atoms with Gasteiger partial charge in [-0.15, -0.1) is 0 Å². The fourth-order valence-electron chi connectivity index (χ4n) is 1.38. The number of rotatable bonds is 8. The largest absolute Gasteiger partial charge is 0.444 e. The summed E-state index contributed by atoms with van der Waals surface area (Å²) < 4.78 is 10.2. The van der Waals surface area contributed by atoms with Gasteiger partial charge in [-0.1, -0.05) is 19.1 Å². The minimum Gasteiger partial charge on any atom is -0.444 e. The minimum absolute atomic E-state index is 0.369. The van der Waals surface area contributed by atoms with E-state index in [4.69, 9.17) is 9.47 Å². The summed E-state index contributed by atoms with van der Waals surface area (Å²) in [4.78, 5) is 11.3. The first-order chi connectivity index (χ1) is 8.89. The smallest absolute Gasteiger partial charge is 0.407 e. The number of ether oxygens (including phenoxy) is 2. The third-order valence-corrected chi connectivity index (χ3v) is 2.31. The SMILES string of the molecule is CCC(COC)NC/C=C/CNC(=O)OC(C)(C)C. The number of alkyl carbamates (subject to hydrolysis) is 1. The molecule has 19 heavy (non-hydrogen) atoms. The van der Waals surface area contributed by atoms with E-state index in [9.17, 15) is 4.79 Å². The van der Waals surface area contributed by atoms with Gasteiger partial charge in [0, 0.05) is 26.2 Å². The number of hydrogen-bond acceptors (Lipinski definition) is 4. The van der Waals surface area contributed by atoms with Crippen LogP contribution in [0.4, 0.5) is 4.79 Å². The molecule has 0 aromatic heterocycles. The minimum atomic E-state index is -0.455. The molecule has 0 spiro atoms. The lowest BCUT2D eigenvalue weighted by molar-refractivity contribution is 0.0534. The fraction of sp³-hybridized carbons (Fsp3) is 0.786. The van der Waals surface area contributed by atoms with Gasteiger partial charge in [0.1, 0.15) is 5.60 Å². The van der Waals surface area contributed by atoms with Crippen LogP contribution in [-0.2, 0) is 9.47 Å². The molecular weight excluding hydrogens is 244 g/mol. The standard InChI is InChI=1S/C14H28N2O3/c1-6-12(11-18-5)15-9-7-8-10-16-13(17)19-14(2,3)4/h7-8,12,15H,6,9-11H2,1-5H3,(H,16,17)/b8-7+. The topological polar surface area (TPSA) is 59.6 Å². The molecule has 5 nitrogen and oxygen atoms in total. The predicted octanol–water partition coefficient (Wildman–Crippen LogP) is 2.08. The summed E-state index contributed by atoms with van der Waals surface area (Å²) in [5.74, 6) is 0. The molecule has 0 rings (SSSR count). The van der Waals surface area contributed by atoms with Crippen LogP contribution in [0.25, 0.3) is 0 Å². The molecule has 0 radical (unpaired) electrons. The Balaban J connectivity index is 3.66. The molecule has 0 aliphatic rings. The van der Waals surface area contributed by atoms with Gasteiger partial charge in [0.15, 0.2) is 0 Å². The number of carbonyl (C=O) groups is 1. The molecule has 0 fully saturated rings. The Bertz CT molecular complexity index is 272. The highest BCUT2D eigenvalue weighted by molar-refractivity contribution is 5.67. The molecule has 0 aromatic rings. The Morgan fingerprint density at radius 1 is 1.26 bits per heavy atom. The summed E-state index contributed by atoms with van der Waals surface area (Å²) in [6, 6.07) is 0.369. The molecule has 0 saturated heterocycles. The highest BCUT2D eigenvalue weighted by Gasteiger charge is 2.14. The lowest BCUT2D eigenvalue weighted by Crippen LogP contribution is -2.33. The highest BCUT2D eigenvalue weighted by atomic mass is 16.6. The van der Waals surface area contributed by atoms with E-state index in [0.717, 1.165) is 13.0 Å². The molecule has 5 heteroatoms. The van der Waals surface area contributed by atoms with Crippen LogP contribution in [0.5, 0.6) is 0 Å². The van der Waals surface area contributed by atoms with Crippen molar-refractivity contribution >= 4 is 6.09 Å². The van der Waals surface area contributed by atoms with Crippen molar-refractivity contribution in [3.63, 3.8) is 0 Å². The normalized spacial score (nSPS) is 13.5. The molecule has 0 aliphatic heterocycles.